The number of anilines is 2. The molecule has 31 heavy (non-hydrogen) atoms. The van der Waals surface area contributed by atoms with Gasteiger partial charge in [0.25, 0.3) is 0 Å². The van der Waals surface area contributed by atoms with Crippen molar-refractivity contribution in [2.45, 2.75) is 31.2 Å². The molecule has 2 aliphatic rings. The van der Waals surface area contributed by atoms with Gasteiger partial charge in [-0.1, -0.05) is 11.6 Å². The molecule has 3 aromatic rings. The molecule has 1 unspecified atom stereocenters. The summed E-state index contributed by atoms with van der Waals surface area (Å²) in [5, 5.41) is 11.4. The summed E-state index contributed by atoms with van der Waals surface area (Å²) in [7, 11) is 0. The van der Waals surface area contributed by atoms with Crippen molar-refractivity contribution < 1.29 is 9.18 Å². The fourth-order valence-electron chi connectivity index (χ4n) is 4.95. The first-order chi connectivity index (χ1) is 15.0. The highest BCUT2D eigenvalue weighted by atomic mass is 35.5. The smallest absolute Gasteiger partial charge is 0.243 e. The molecule has 2 atom stereocenters. The number of nitrogens with two attached hydrogens (primary N) is 1. The van der Waals surface area contributed by atoms with Crippen LogP contribution in [0.15, 0.2) is 30.7 Å². The minimum atomic E-state index is -0.988. The third-order valence-electron chi connectivity index (χ3n) is 6.43. The van der Waals surface area contributed by atoms with Gasteiger partial charge >= 0.3 is 0 Å². The quantitative estimate of drug-likeness (QED) is 0.539. The van der Waals surface area contributed by atoms with Crippen molar-refractivity contribution in [3.63, 3.8) is 0 Å². The molecule has 1 saturated heterocycles. The number of amides is 1. The van der Waals surface area contributed by atoms with E-state index in [9.17, 15) is 9.18 Å². The Morgan fingerprint density at radius 3 is 2.84 bits per heavy atom. The van der Waals surface area contributed by atoms with Crippen LogP contribution < -0.4 is 16.0 Å². The molecule has 0 spiro atoms. The summed E-state index contributed by atoms with van der Waals surface area (Å²) in [5.41, 5.74) is 6.18. The molecular formula is C21H23ClFN7O. The van der Waals surface area contributed by atoms with Crippen LogP contribution in [0.2, 0.25) is 5.02 Å². The van der Waals surface area contributed by atoms with Crippen LogP contribution in [0, 0.1) is 17.7 Å². The molecule has 0 bridgehead atoms. The predicted octanol–water partition coefficient (Wildman–Crippen LogP) is 3.11. The van der Waals surface area contributed by atoms with Crippen LogP contribution in [-0.4, -0.2) is 44.7 Å². The van der Waals surface area contributed by atoms with Gasteiger partial charge in [-0.15, -0.1) is 0 Å². The second-order valence-corrected chi connectivity index (χ2v) is 8.84. The number of hydrogen-bond donors (Lipinski definition) is 3. The molecule has 2 aromatic heterocycles. The first kappa shape index (κ1) is 20.0. The van der Waals surface area contributed by atoms with E-state index in [0.29, 0.717) is 17.9 Å². The van der Waals surface area contributed by atoms with Crippen molar-refractivity contribution in [2.24, 2.45) is 17.6 Å². The third kappa shape index (κ3) is 3.56. The number of benzene rings is 1. The number of nitrogens with one attached hydrogen (secondary N) is 2. The molecule has 1 aliphatic heterocycles. The summed E-state index contributed by atoms with van der Waals surface area (Å²) in [6.07, 6.45) is 6.72. The van der Waals surface area contributed by atoms with Crippen molar-refractivity contribution in [1.82, 2.24) is 20.2 Å². The van der Waals surface area contributed by atoms with Gasteiger partial charge < -0.3 is 16.0 Å². The molecule has 1 aromatic carbocycles. The number of H-pyrrole nitrogens is 1. The first-order valence-corrected chi connectivity index (χ1v) is 10.8. The lowest BCUT2D eigenvalue weighted by Gasteiger charge is -2.45. The minimum Gasteiger partial charge on any atom is -0.371 e. The zero-order chi connectivity index (χ0) is 21.6. The van der Waals surface area contributed by atoms with Gasteiger partial charge in [0.1, 0.15) is 23.5 Å². The standard InChI is InChI=1S/C21H23ClFN7O/c22-14-6-15(23)8-16(7-14)28-21(20(24)31,12-3-4-12)13-2-1-5-30(10-13)19-17-9-27-29-18(17)25-11-26-19/h6-9,11-13,28H,1-5,10H2,(H2,24,31)(H,25,26,27,29)/t13-,21?/m1/s1. The van der Waals surface area contributed by atoms with Crippen LogP contribution in [0.4, 0.5) is 15.9 Å². The van der Waals surface area contributed by atoms with Crippen LogP contribution in [0.1, 0.15) is 25.7 Å². The van der Waals surface area contributed by atoms with Crippen molar-refractivity contribution in [2.75, 3.05) is 23.3 Å². The second-order valence-electron chi connectivity index (χ2n) is 8.41. The van der Waals surface area contributed by atoms with E-state index in [0.717, 1.165) is 43.4 Å². The topological polar surface area (TPSA) is 113 Å². The van der Waals surface area contributed by atoms with Crippen molar-refractivity contribution in [3.8, 4) is 0 Å². The Morgan fingerprint density at radius 1 is 1.26 bits per heavy atom. The summed E-state index contributed by atoms with van der Waals surface area (Å²) in [6.45, 7) is 1.39. The third-order valence-corrected chi connectivity index (χ3v) is 6.65. The number of aromatic amines is 1. The Labute approximate surface area is 183 Å². The Balaban J connectivity index is 1.50. The number of carbonyl (C=O) groups is 1. The molecule has 3 heterocycles. The highest BCUT2D eigenvalue weighted by Gasteiger charge is 2.55. The minimum absolute atomic E-state index is 0.0785. The molecule has 1 amide bonds. The number of hydrogen-bond acceptors (Lipinski definition) is 6. The Bertz CT molecular complexity index is 1110. The van der Waals surface area contributed by atoms with Crippen LogP contribution in [-0.2, 0) is 4.79 Å². The monoisotopic (exact) mass is 443 g/mol. The van der Waals surface area contributed by atoms with Gasteiger partial charge in [0, 0.05) is 29.7 Å². The number of carbonyl (C=O) groups excluding carboxylic acids is 1. The lowest BCUT2D eigenvalue weighted by atomic mass is 9.74. The number of aromatic nitrogens is 4. The molecule has 8 nitrogen and oxygen atoms in total. The number of rotatable bonds is 6. The van der Waals surface area contributed by atoms with Crippen LogP contribution in [0.5, 0.6) is 0 Å². The van der Waals surface area contributed by atoms with Gasteiger partial charge in [0.15, 0.2) is 5.65 Å². The van der Waals surface area contributed by atoms with Gasteiger partial charge in [0.2, 0.25) is 5.91 Å². The highest BCUT2D eigenvalue weighted by Crippen LogP contribution is 2.48. The van der Waals surface area contributed by atoms with E-state index in [-0.39, 0.29) is 16.9 Å². The summed E-state index contributed by atoms with van der Waals surface area (Å²) in [6, 6.07) is 4.22. The van der Waals surface area contributed by atoms with E-state index in [2.05, 4.69) is 30.4 Å². The number of primary amides is 1. The van der Waals surface area contributed by atoms with Gasteiger partial charge in [-0.25, -0.2) is 14.4 Å². The van der Waals surface area contributed by atoms with Crippen molar-refractivity contribution in [3.05, 3.63) is 41.6 Å². The molecule has 2 fully saturated rings. The highest BCUT2D eigenvalue weighted by molar-refractivity contribution is 6.30. The Morgan fingerprint density at radius 2 is 2.10 bits per heavy atom. The van der Waals surface area contributed by atoms with Crippen molar-refractivity contribution >= 4 is 40.0 Å². The van der Waals surface area contributed by atoms with Gasteiger partial charge in [-0.2, -0.15) is 5.10 Å². The van der Waals surface area contributed by atoms with Crippen LogP contribution in [0.3, 0.4) is 0 Å². The maximum Gasteiger partial charge on any atom is 0.243 e. The van der Waals surface area contributed by atoms with E-state index >= 15 is 0 Å². The van der Waals surface area contributed by atoms with Gasteiger partial charge in [-0.3, -0.25) is 9.89 Å². The molecule has 4 N–H and O–H groups in total. The number of fused-ring (bicyclic) bond motifs is 1. The summed E-state index contributed by atoms with van der Waals surface area (Å²) in [4.78, 5) is 23.8. The van der Waals surface area contributed by atoms with Crippen LogP contribution in [0.25, 0.3) is 11.0 Å². The molecule has 162 valence electrons. The fourth-order valence-corrected chi connectivity index (χ4v) is 5.17. The number of halogens is 2. The summed E-state index contributed by atoms with van der Waals surface area (Å²) < 4.78 is 14.0. The fraction of sp³-hybridized carbons (Fsp3) is 0.429. The maximum absolute atomic E-state index is 14.0. The predicted molar refractivity (Wildman–Crippen MR) is 116 cm³/mol. The molecule has 0 radical (unpaired) electrons. The molecule has 10 heteroatoms. The molecule has 1 aliphatic carbocycles. The summed E-state index contributed by atoms with van der Waals surface area (Å²) >= 11 is 6.06. The average molecular weight is 444 g/mol. The summed E-state index contributed by atoms with van der Waals surface area (Å²) in [5.74, 6) is -0.0795. The first-order valence-electron chi connectivity index (χ1n) is 10.4. The maximum atomic E-state index is 14.0. The normalized spacial score (nSPS) is 21.1. The van der Waals surface area contributed by atoms with E-state index in [1.54, 1.807) is 12.3 Å². The number of piperidine rings is 1. The lowest BCUT2D eigenvalue weighted by molar-refractivity contribution is -0.125. The zero-order valence-electron chi connectivity index (χ0n) is 16.8. The lowest BCUT2D eigenvalue weighted by Crippen LogP contribution is -2.61. The van der Waals surface area contributed by atoms with E-state index in [1.165, 1.54) is 18.5 Å². The van der Waals surface area contributed by atoms with Crippen molar-refractivity contribution in [1.29, 1.82) is 0 Å². The Hall–Kier alpha value is -2.94. The average Bonchev–Trinajstić information content (AvgIpc) is 3.47. The second kappa shape index (κ2) is 7.64. The van der Waals surface area contributed by atoms with E-state index < -0.39 is 17.3 Å². The Kier molecular flexibility index (Phi) is 4.92. The molecular weight excluding hydrogens is 421 g/mol. The van der Waals surface area contributed by atoms with Gasteiger partial charge in [-0.05, 0) is 49.8 Å². The van der Waals surface area contributed by atoms with E-state index in [1.807, 2.05) is 0 Å². The number of nitrogens with zero attached hydrogens (tertiary/aromatic N) is 4. The largest absolute Gasteiger partial charge is 0.371 e. The van der Waals surface area contributed by atoms with Gasteiger partial charge in [0.05, 0.1) is 11.6 Å². The molecule has 5 rings (SSSR count). The SMILES string of the molecule is NC(=O)C(Nc1cc(F)cc(Cl)c1)(C1CC1)[C@@H]1CCCN(c2ncnc3[nH]ncc23)C1. The molecule has 1 saturated carbocycles. The van der Waals surface area contributed by atoms with Crippen LogP contribution >= 0.6 is 11.6 Å². The zero-order valence-corrected chi connectivity index (χ0v) is 17.6. The van der Waals surface area contributed by atoms with E-state index in [4.69, 9.17) is 17.3 Å².